The minimum atomic E-state index is -0.496. The third-order valence-electron chi connectivity index (χ3n) is 2.92. The second-order valence-electron chi connectivity index (χ2n) is 3.98. The Morgan fingerprint density at radius 1 is 1.47 bits per heavy atom. The smallest absolute Gasteiger partial charge is 0.305 e. The monoisotopic (exact) mass is 254 g/mol. The van der Waals surface area contributed by atoms with Crippen molar-refractivity contribution in [2.75, 3.05) is 11.6 Å². The average molecular weight is 254 g/mol. The summed E-state index contributed by atoms with van der Waals surface area (Å²) < 4.78 is 0. The van der Waals surface area contributed by atoms with E-state index in [0.29, 0.717) is 17.2 Å². The van der Waals surface area contributed by atoms with Crippen molar-refractivity contribution in [3.05, 3.63) is 22.5 Å². The zero-order valence-corrected chi connectivity index (χ0v) is 10.3. The van der Waals surface area contributed by atoms with Gasteiger partial charge in [-0.25, -0.2) is 9.97 Å². The maximum atomic E-state index is 10.5. The van der Waals surface area contributed by atoms with E-state index in [1.165, 1.54) is 25.2 Å². The Labute approximate surface area is 103 Å². The van der Waals surface area contributed by atoms with E-state index in [0.717, 1.165) is 6.42 Å². The van der Waals surface area contributed by atoms with Crippen LogP contribution in [-0.2, 0) is 0 Å². The third-order valence-corrected chi connectivity index (χ3v) is 4.09. The number of anilines is 1. The van der Waals surface area contributed by atoms with E-state index in [2.05, 4.69) is 21.5 Å². The molecule has 1 aliphatic carbocycles. The highest BCUT2D eigenvalue weighted by Gasteiger charge is 2.26. The molecular formula is C10H14N4O2S. The van der Waals surface area contributed by atoms with Gasteiger partial charge in [0.15, 0.2) is 0 Å². The second kappa shape index (κ2) is 5.31. The molecular weight excluding hydrogens is 240 g/mol. The van der Waals surface area contributed by atoms with Crippen molar-refractivity contribution in [3.63, 3.8) is 0 Å². The molecule has 1 aromatic heterocycles. The SMILES string of the molecule is CSC1CCCC1Nc1ncc([N+](=O)[O-])cn1. The highest BCUT2D eigenvalue weighted by Crippen LogP contribution is 2.30. The summed E-state index contributed by atoms with van der Waals surface area (Å²) in [7, 11) is 0. The van der Waals surface area contributed by atoms with Crippen LogP contribution < -0.4 is 5.32 Å². The zero-order chi connectivity index (χ0) is 12.3. The van der Waals surface area contributed by atoms with E-state index in [4.69, 9.17) is 0 Å². The van der Waals surface area contributed by atoms with Crippen LogP contribution in [0.2, 0.25) is 0 Å². The van der Waals surface area contributed by atoms with E-state index in [9.17, 15) is 10.1 Å². The predicted octanol–water partition coefficient (Wildman–Crippen LogP) is 2.08. The normalized spacial score (nSPS) is 23.6. The van der Waals surface area contributed by atoms with Gasteiger partial charge in [-0.2, -0.15) is 11.8 Å². The van der Waals surface area contributed by atoms with Crippen molar-refractivity contribution in [2.45, 2.75) is 30.6 Å². The fourth-order valence-electron chi connectivity index (χ4n) is 2.03. The van der Waals surface area contributed by atoms with Gasteiger partial charge in [-0.05, 0) is 19.1 Å². The van der Waals surface area contributed by atoms with Gasteiger partial charge in [-0.3, -0.25) is 10.1 Å². The van der Waals surface area contributed by atoms with Crippen molar-refractivity contribution < 1.29 is 4.92 Å². The molecule has 92 valence electrons. The van der Waals surface area contributed by atoms with E-state index < -0.39 is 4.92 Å². The first-order valence-corrected chi connectivity index (χ1v) is 6.75. The fourth-order valence-corrected chi connectivity index (χ4v) is 2.96. The number of thioether (sulfide) groups is 1. The molecule has 6 nitrogen and oxygen atoms in total. The summed E-state index contributed by atoms with van der Waals surface area (Å²) in [5.74, 6) is 0.474. The van der Waals surface area contributed by atoms with Gasteiger partial charge < -0.3 is 5.32 Å². The van der Waals surface area contributed by atoms with Gasteiger partial charge >= 0.3 is 5.69 Å². The first-order chi connectivity index (χ1) is 8.20. The maximum absolute atomic E-state index is 10.5. The topological polar surface area (TPSA) is 81.0 Å². The highest BCUT2D eigenvalue weighted by atomic mass is 32.2. The summed E-state index contributed by atoms with van der Waals surface area (Å²) >= 11 is 1.84. The van der Waals surface area contributed by atoms with E-state index in [1.807, 2.05) is 11.8 Å². The van der Waals surface area contributed by atoms with Crippen molar-refractivity contribution in [2.24, 2.45) is 0 Å². The summed E-state index contributed by atoms with van der Waals surface area (Å²) in [5, 5.41) is 14.3. The van der Waals surface area contributed by atoms with Crippen LogP contribution in [0.5, 0.6) is 0 Å². The van der Waals surface area contributed by atoms with Crippen LogP contribution in [-0.4, -0.2) is 32.4 Å². The van der Waals surface area contributed by atoms with Crippen molar-refractivity contribution in [1.82, 2.24) is 9.97 Å². The van der Waals surface area contributed by atoms with Crippen LogP contribution in [0.1, 0.15) is 19.3 Å². The summed E-state index contributed by atoms with van der Waals surface area (Å²) in [6.45, 7) is 0. The molecule has 0 bridgehead atoms. The molecule has 1 aromatic rings. The standard InChI is InChI=1S/C10H14N4O2S/c1-17-9-4-2-3-8(9)13-10-11-5-7(6-12-10)14(15)16/h5-6,8-9H,2-4H2,1H3,(H,11,12,13). The van der Waals surface area contributed by atoms with Gasteiger partial charge in [-0.15, -0.1) is 0 Å². The van der Waals surface area contributed by atoms with Gasteiger partial charge in [0, 0.05) is 11.3 Å². The molecule has 1 aliphatic rings. The minimum Gasteiger partial charge on any atom is -0.350 e. The molecule has 2 atom stereocenters. The zero-order valence-electron chi connectivity index (χ0n) is 9.50. The maximum Gasteiger partial charge on any atom is 0.305 e. The number of rotatable bonds is 4. The lowest BCUT2D eigenvalue weighted by atomic mass is 10.2. The first kappa shape index (κ1) is 12.1. The van der Waals surface area contributed by atoms with Crippen molar-refractivity contribution >= 4 is 23.4 Å². The lowest BCUT2D eigenvalue weighted by molar-refractivity contribution is -0.385. The molecule has 0 aliphatic heterocycles. The lowest BCUT2D eigenvalue weighted by Gasteiger charge is -2.18. The van der Waals surface area contributed by atoms with Crippen LogP contribution in [0.4, 0.5) is 11.6 Å². The Balaban J connectivity index is 2.01. The number of aromatic nitrogens is 2. The van der Waals surface area contributed by atoms with Crippen LogP contribution in [0.3, 0.4) is 0 Å². The molecule has 2 rings (SSSR count). The van der Waals surface area contributed by atoms with Gasteiger partial charge in [-0.1, -0.05) is 6.42 Å². The largest absolute Gasteiger partial charge is 0.350 e. The number of nitrogens with one attached hydrogen (secondary N) is 1. The fraction of sp³-hybridized carbons (Fsp3) is 0.600. The summed E-state index contributed by atoms with van der Waals surface area (Å²) in [4.78, 5) is 17.9. The number of hydrogen-bond acceptors (Lipinski definition) is 6. The summed E-state index contributed by atoms with van der Waals surface area (Å²) in [5.41, 5.74) is -0.0802. The van der Waals surface area contributed by atoms with E-state index in [-0.39, 0.29) is 5.69 Å². The Morgan fingerprint density at radius 2 is 2.18 bits per heavy atom. The Morgan fingerprint density at radius 3 is 2.76 bits per heavy atom. The molecule has 0 amide bonds. The lowest BCUT2D eigenvalue weighted by Crippen LogP contribution is -2.26. The molecule has 0 spiro atoms. The van der Waals surface area contributed by atoms with E-state index in [1.54, 1.807) is 0 Å². The molecule has 2 unspecified atom stereocenters. The van der Waals surface area contributed by atoms with Crippen LogP contribution in [0.15, 0.2) is 12.4 Å². The van der Waals surface area contributed by atoms with E-state index >= 15 is 0 Å². The van der Waals surface area contributed by atoms with Crippen LogP contribution in [0.25, 0.3) is 0 Å². The quantitative estimate of drug-likeness (QED) is 0.654. The highest BCUT2D eigenvalue weighted by molar-refractivity contribution is 7.99. The van der Waals surface area contributed by atoms with Gasteiger partial charge in [0.1, 0.15) is 12.4 Å². The molecule has 1 fully saturated rings. The number of nitro groups is 1. The van der Waals surface area contributed by atoms with Crippen molar-refractivity contribution in [1.29, 1.82) is 0 Å². The summed E-state index contributed by atoms with van der Waals surface area (Å²) in [6, 6.07) is 0.367. The van der Waals surface area contributed by atoms with Gasteiger partial charge in [0.05, 0.1) is 4.92 Å². The molecule has 7 heteroatoms. The molecule has 17 heavy (non-hydrogen) atoms. The van der Waals surface area contributed by atoms with Gasteiger partial charge in [0.2, 0.25) is 5.95 Å². The van der Waals surface area contributed by atoms with Gasteiger partial charge in [0.25, 0.3) is 0 Å². The molecule has 1 N–H and O–H groups in total. The summed E-state index contributed by atoms with van der Waals surface area (Å²) in [6.07, 6.45) is 8.08. The number of hydrogen-bond donors (Lipinski definition) is 1. The molecule has 0 radical (unpaired) electrons. The first-order valence-electron chi connectivity index (χ1n) is 5.46. The third kappa shape index (κ3) is 2.85. The molecule has 0 saturated heterocycles. The van der Waals surface area contributed by atoms with Crippen LogP contribution >= 0.6 is 11.8 Å². The minimum absolute atomic E-state index is 0.0802. The number of nitrogens with zero attached hydrogens (tertiary/aromatic N) is 3. The molecule has 0 aromatic carbocycles. The Kier molecular flexibility index (Phi) is 3.78. The Hall–Kier alpha value is -1.37. The van der Waals surface area contributed by atoms with Crippen LogP contribution in [0, 0.1) is 10.1 Å². The second-order valence-corrected chi connectivity index (χ2v) is 5.05. The Bertz CT molecular complexity index is 398. The van der Waals surface area contributed by atoms with Crippen molar-refractivity contribution in [3.8, 4) is 0 Å². The molecule has 1 saturated carbocycles. The average Bonchev–Trinajstić information content (AvgIpc) is 2.77. The predicted molar refractivity (Wildman–Crippen MR) is 67.3 cm³/mol. The molecule has 1 heterocycles.